The molecule has 1 aromatic carbocycles. The van der Waals surface area contributed by atoms with Gasteiger partial charge in [0.2, 0.25) is 11.0 Å². The summed E-state index contributed by atoms with van der Waals surface area (Å²) in [7, 11) is 0. The van der Waals surface area contributed by atoms with Gasteiger partial charge in [0.25, 0.3) is 5.91 Å². The lowest BCUT2D eigenvalue weighted by Crippen LogP contribution is -2.24. The number of rotatable bonds is 7. The Hall–Kier alpha value is -2.36. The molecule has 0 unspecified atom stereocenters. The highest BCUT2D eigenvalue weighted by Crippen LogP contribution is 2.26. The Labute approximate surface area is 174 Å². The Bertz CT molecular complexity index is 1000. The van der Waals surface area contributed by atoms with Crippen molar-refractivity contribution in [3.63, 3.8) is 0 Å². The van der Waals surface area contributed by atoms with Crippen molar-refractivity contribution in [2.24, 2.45) is 0 Å². The fraction of sp³-hybridized carbons (Fsp3) is 0.222. The molecule has 0 saturated heterocycles. The summed E-state index contributed by atoms with van der Waals surface area (Å²) >= 11 is 8.52. The fourth-order valence-corrected chi connectivity index (χ4v) is 4.13. The first kappa shape index (κ1) is 20.4. The molecule has 0 saturated carbocycles. The molecule has 3 aromatic rings. The van der Waals surface area contributed by atoms with Gasteiger partial charge < -0.3 is 9.73 Å². The first-order valence-corrected chi connectivity index (χ1v) is 10.4. The van der Waals surface area contributed by atoms with Crippen molar-refractivity contribution in [3.8, 4) is 0 Å². The number of aromatic nitrogens is 2. The van der Waals surface area contributed by atoms with Gasteiger partial charge in [0, 0.05) is 11.6 Å². The van der Waals surface area contributed by atoms with Gasteiger partial charge in [-0.3, -0.25) is 14.9 Å². The van der Waals surface area contributed by atoms with Gasteiger partial charge in [-0.2, -0.15) is 0 Å². The molecule has 10 heteroatoms. The third kappa shape index (κ3) is 5.34. The molecular weight excluding hydrogens is 420 g/mol. The summed E-state index contributed by atoms with van der Waals surface area (Å²) in [5, 5.41) is 14.4. The summed E-state index contributed by atoms with van der Waals surface area (Å²) in [5.74, 6) is 0.950. The number of amides is 2. The van der Waals surface area contributed by atoms with Gasteiger partial charge in [-0.15, -0.1) is 10.2 Å². The van der Waals surface area contributed by atoms with Crippen molar-refractivity contribution in [1.29, 1.82) is 0 Å². The van der Waals surface area contributed by atoms with E-state index in [2.05, 4.69) is 20.8 Å². The second-order valence-corrected chi connectivity index (χ2v) is 8.42. The maximum atomic E-state index is 12.3. The number of nitrogens with zero attached hydrogens (tertiary/aromatic N) is 2. The molecular formula is C18H17ClN4O3S2. The van der Waals surface area contributed by atoms with E-state index in [1.54, 1.807) is 26.0 Å². The highest BCUT2D eigenvalue weighted by molar-refractivity contribution is 8.01. The van der Waals surface area contributed by atoms with E-state index >= 15 is 0 Å². The molecule has 0 bridgehead atoms. The average Bonchev–Trinajstić information content (AvgIpc) is 3.24. The van der Waals surface area contributed by atoms with Crippen LogP contribution in [0.25, 0.3) is 0 Å². The molecule has 2 aromatic heterocycles. The first-order valence-electron chi connectivity index (χ1n) is 8.27. The van der Waals surface area contributed by atoms with Gasteiger partial charge in [-0.05, 0) is 31.5 Å². The molecule has 28 heavy (non-hydrogen) atoms. The monoisotopic (exact) mass is 436 g/mol. The predicted octanol–water partition coefficient (Wildman–Crippen LogP) is 4.06. The summed E-state index contributed by atoms with van der Waals surface area (Å²) < 4.78 is 5.94. The Morgan fingerprint density at radius 1 is 1.25 bits per heavy atom. The van der Waals surface area contributed by atoms with Crippen LogP contribution in [0.1, 0.15) is 27.4 Å². The molecule has 0 aliphatic heterocycles. The number of furan rings is 1. The quantitative estimate of drug-likeness (QED) is 0.428. The van der Waals surface area contributed by atoms with Crippen molar-refractivity contribution >= 4 is 51.6 Å². The van der Waals surface area contributed by atoms with Crippen LogP contribution in [-0.4, -0.2) is 27.8 Å². The molecule has 0 aliphatic carbocycles. The fourth-order valence-electron chi connectivity index (χ4n) is 2.35. The summed E-state index contributed by atoms with van der Waals surface area (Å²) in [5.41, 5.74) is 1.31. The van der Waals surface area contributed by atoms with Crippen LogP contribution in [0.5, 0.6) is 0 Å². The normalized spacial score (nSPS) is 10.7. The Morgan fingerprint density at radius 3 is 2.75 bits per heavy atom. The number of hydrogen-bond donors (Lipinski definition) is 2. The zero-order chi connectivity index (χ0) is 20.1. The summed E-state index contributed by atoms with van der Waals surface area (Å²) in [6.45, 7) is 3.87. The third-order valence-electron chi connectivity index (χ3n) is 3.67. The number of halogens is 1. The predicted molar refractivity (Wildman–Crippen MR) is 110 cm³/mol. The van der Waals surface area contributed by atoms with Crippen LogP contribution in [0, 0.1) is 13.8 Å². The number of thioether (sulfide) groups is 1. The average molecular weight is 437 g/mol. The van der Waals surface area contributed by atoms with Crippen LogP contribution in [0.2, 0.25) is 5.02 Å². The van der Waals surface area contributed by atoms with Crippen molar-refractivity contribution in [2.45, 2.75) is 24.7 Å². The Balaban J connectivity index is 1.48. The van der Waals surface area contributed by atoms with Gasteiger partial charge in [0.15, 0.2) is 4.34 Å². The smallest absolute Gasteiger partial charge is 0.261 e. The maximum Gasteiger partial charge on any atom is 0.261 e. The Kier molecular flexibility index (Phi) is 6.71. The zero-order valence-electron chi connectivity index (χ0n) is 15.1. The van der Waals surface area contributed by atoms with Crippen molar-refractivity contribution in [3.05, 3.63) is 58.0 Å². The van der Waals surface area contributed by atoms with E-state index in [4.69, 9.17) is 16.0 Å². The number of carbonyl (C=O) groups excluding carboxylic acids is 2. The maximum absolute atomic E-state index is 12.3. The second-order valence-electron chi connectivity index (χ2n) is 5.81. The van der Waals surface area contributed by atoms with Crippen LogP contribution < -0.4 is 10.6 Å². The van der Waals surface area contributed by atoms with Crippen molar-refractivity contribution in [2.75, 3.05) is 11.1 Å². The van der Waals surface area contributed by atoms with Gasteiger partial charge in [-0.25, -0.2) is 0 Å². The van der Waals surface area contributed by atoms with Gasteiger partial charge in [0.05, 0.1) is 11.3 Å². The number of aryl methyl sites for hydroxylation is 2. The standard InChI is InChI=1S/C18H17ClN4O3S2/c1-10-7-13(11(2)26-10)16(25)21-17-22-23-18(28-17)27-9-15(24)20-8-12-5-3-4-6-14(12)19/h3-7H,8-9H2,1-2H3,(H,20,24)(H,21,22,25). The molecule has 0 radical (unpaired) electrons. The van der Waals surface area contributed by atoms with E-state index in [1.807, 2.05) is 18.2 Å². The van der Waals surface area contributed by atoms with Crippen molar-refractivity contribution < 1.29 is 14.0 Å². The van der Waals surface area contributed by atoms with Gasteiger partial charge in [-0.1, -0.05) is 52.9 Å². The van der Waals surface area contributed by atoms with Crippen LogP contribution in [0.15, 0.2) is 39.1 Å². The minimum atomic E-state index is -0.306. The molecule has 7 nitrogen and oxygen atoms in total. The molecule has 0 spiro atoms. The van der Waals surface area contributed by atoms with E-state index < -0.39 is 0 Å². The molecule has 2 heterocycles. The summed E-state index contributed by atoms with van der Waals surface area (Å²) in [6, 6.07) is 9.01. The number of anilines is 1. The van der Waals surface area contributed by atoms with E-state index in [-0.39, 0.29) is 17.6 Å². The molecule has 146 valence electrons. The molecule has 2 amide bonds. The van der Waals surface area contributed by atoms with E-state index in [0.29, 0.717) is 38.1 Å². The Morgan fingerprint density at radius 2 is 2.04 bits per heavy atom. The molecule has 0 atom stereocenters. The topological polar surface area (TPSA) is 97.1 Å². The minimum absolute atomic E-state index is 0.143. The van der Waals surface area contributed by atoms with Crippen LogP contribution in [0.4, 0.5) is 5.13 Å². The highest BCUT2D eigenvalue weighted by Gasteiger charge is 2.16. The number of carbonyl (C=O) groups is 2. The van der Waals surface area contributed by atoms with Crippen LogP contribution in [0.3, 0.4) is 0 Å². The molecule has 0 fully saturated rings. The minimum Gasteiger partial charge on any atom is -0.466 e. The lowest BCUT2D eigenvalue weighted by atomic mass is 10.2. The lowest BCUT2D eigenvalue weighted by Gasteiger charge is -2.05. The first-order chi connectivity index (χ1) is 13.4. The molecule has 3 rings (SSSR count). The second kappa shape index (κ2) is 9.22. The highest BCUT2D eigenvalue weighted by atomic mass is 35.5. The van der Waals surface area contributed by atoms with E-state index in [1.165, 1.54) is 23.1 Å². The van der Waals surface area contributed by atoms with Crippen molar-refractivity contribution in [1.82, 2.24) is 15.5 Å². The van der Waals surface area contributed by atoms with Gasteiger partial charge >= 0.3 is 0 Å². The number of hydrogen-bond acceptors (Lipinski definition) is 7. The molecule has 2 N–H and O–H groups in total. The SMILES string of the molecule is Cc1cc(C(=O)Nc2nnc(SCC(=O)NCc3ccccc3Cl)s2)c(C)o1. The summed E-state index contributed by atoms with van der Waals surface area (Å²) in [4.78, 5) is 24.3. The number of benzene rings is 1. The van der Waals surface area contributed by atoms with E-state index in [9.17, 15) is 9.59 Å². The largest absolute Gasteiger partial charge is 0.466 e. The molecule has 0 aliphatic rings. The number of nitrogens with one attached hydrogen (secondary N) is 2. The van der Waals surface area contributed by atoms with Crippen LogP contribution >= 0.6 is 34.7 Å². The van der Waals surface area contributed by atoms with E-state index in [0.717, 1.165) is 5.56 Å². The summed E-state index contributed by atoms with van der Waals surface area (Å²) in [6.07, 6.45) is 0. The van der Waals surface area contributed by atoms with Crippen LogP contribution in [-0.2, 0) is 11.3 Å². The zero-order valence-corrected chi connectivity index (χ0v) is 17.5. The lowest BCUT2D eigenvalue weighted by molar-refractivity contribution is -0.118. The van der Waals surface area contributed by atoms with Gasteiger partial charge in [0.1, 0.15) is 11.5 Å². The third-order valence-corrected chi connectivity index (χ3v) is 6.01.